The average Bonchev–Trinajstić information content (AvgIpc) is 3.34. The second-order valence-electron chi connectivity index (χ2n) is 8.38. The number of rotatable bonds is 10. The van der Waals surface area contributed by atoms with Crippen LogP contribution in [0.1, 0.15) is 31.2 Å². The zero-order chi connectivity index (χ0) is 25.4. The summed E-state index contributed by atoms with van der Waals surface area (Å²) >= 11 is 0. The van der Waals surface area contributed by atoms with E-state index in [9.17, 15) is 19.2 Å². The minimum atomic E-state index is -0.904. The molecule has 1 saturated heterocycles. The number of nitrogens with one attached hydrogen (secondary N) is 4. The SMILES string of the molecule is Cc1cc(=O)oc2cc(NC(=O)[C@H](CCCN=C(N)N)NC(=O)CNC(=O)[C@@H]3CCCN3)ccc12.Cl. The summed E-state index contributed by atoms with van der Waals surface area (Å²) in [6, 6.07) is 5.15. The van der Waals surface area contributed by atoms with Gasteiger partial charge < -0.3 is 37.2 Å². The smallest absolute Gasteiger partial charge is 0.336 e. The first-order valence-electron chi connectivity index (χ1n) is 11.4. The van der Waals surface area contributed by atoms with E-state index in [0.717, 1.165) is 23.9 Å². The lowest BCUT2D eigenvalue weighted by Crippen LogP contribution is -2.49. The third kappa shape index (κ3) is 8.24. The molecule has 12 nitrogen and oxygen atoms in total. The van der Waals surface area contributed by atoms with Gasteiger partial charge in [0.25, 0.3) is 0 Å². The van der Waals surface area contributed by atoms with Crippen molar-refractivity contribution in [3.63, 3.8) is 0 Å². The molecule has 1 aliphatic heterocycles. The Labute approximate surface area is 214 Å². The van der Waals surface area contributed by atoms with Crippen molar-refractivity contribution >= 4 is 52.7 Å². The molecule has 3 rings (SSSR count). The fraction of sp³-hybridized carbons (Fsp3) is 0.435. The van der Waals surface area contributed by atoms with Crippen molar-refractivity contribution in [2.24, 2.45) is 16.5 Å². The van der Waals surface area contributed by atoms with E-state index < -0.39 is 23.5 Å². The number of aryl methyl sites for hydroxylation is 1. The molecule has 13 heteroatoms. The normalized spacial score (nSPS) is 15.4. The standard InChI is InChI=1S/C23H31N7O5.ClH/c1-13-10-20(32)35-18-11-14(6-7-15(13)18)29-22(34)17(5-3-9-27-23(24)25)30-19(31)12-28-21(33)16-4-2-8-26-16;/h6-7,10-11,16-17,26H,2-5,8-9,12H2,1H3,(H,28,33)(H,29,34)(H,30,31)(H4,24,25,27);1H/t16-,17-;/m0./s1. The molecule has 1 aromatic carbocycles. The summed E-state index contributed by atoms with van der Waals surface area (Å²) in [7, 11) is 0. The summed E-state index contributed by atoms with van der Waals surface area (Å²) in [6.45, 7) is 2.59. The highest BCUT2D eigenvalue weighted by molar-refractivity contribution is 5.99. The van der Waals surface area contributed by atoms with E-state index in [1.807, 2.05) is 0 Å². The molecule has 0 spiro atoms. The van der Waals surface area contributed by atoms with Gasteiger partial charge in [-0.3, -0.25) is 19.4 Å². The molecule has 1 fully saturated rings. The van der Waals surface area contributed by atoms with Gasteiger partial charge in [-0.15, -0.1) is 12.4 Å². The Hall–Kier alpha value is -3.64. The Morgan fingerprint density at radius 3 is 2.72 bits per heavy atom. The van der Waals surface area contributed by atoms with Gasteiger partial charge in [-0.1, -0.05) is 0 Å². The van der Waals surface area contributed by atoms with Crippen molar-refractivity contribution in [3.8, 4) is 0 Å². The molecule has 1 aliphatic rings. The largest absolute Gasteiger partial charge is 0.423 e. The second-order valence-corrected chi connectivity index (χ2v) is 8.38. The fourth-order valence-electron chi connectivity index (χ4n) is 3.85. The highest BCUT2D eigenvalue weighted by Gasteiger charge is 2.24. The molecule has 3 amide bonds. The molecule has 1 aromatic heterocycles. The molecular weight excluding hydrogens is 490 g/mol. The molecule has 0 aliphatic carbocycles. The number of hydrogen-bond donors (Lipinski definition) is 6. The molecule has 36 heavy (non-hydrogen) atoms. The lowest BCUT2D eigenvalue weighted by molar-refractivity contribution is -0.128. The van der Waals surface area contributed by atoms with Crippen LogP contribution in [0.25, 0.3) is 11.0 Å². The van der Waals surface area contributed by atoms with Gasteiger partial charge in [0, 0.05) is 29.8 Å². The molecule has 2 heterocycles. The van der Waals surface area contributed by atoms with Crippen LogP contribution in [-0.2, 0) is 14.4 Å². The van der Waals surface area contributed by atoms with E-state index in [0.29, 0.717) is 24.1 Å². The minimum absolute atomic E-state index is 0. The quantitative estimate of drug-likeness (QED) is 0.108. The monoisotopic (exact) mass is 521 g/mol. The molecular formula is C23H32ClN7O5. The highest BCUT2D eigenvalue weighted by Crippen LogP contribution is 2.21. The first kappa shape index (κ1) is 28.6. The topological polar surface area (TPSA) is 194 Å². The third-order valence-corrected chi connectivity index (χ3v) is 5.62. The Kier molecular flexibility index (Phi) is 10.7. The van der Waals surface area contributed by atoms with Crippen LogP contribution in [-0.4, -0.2) is 55.4 Å². The number of fused-ring (bicyclic) bond motifs is 1. The molecule has 0 saturated carbocycles. The number of amides is 3. The van der Waals surface area contributed by atoms with Crippen molar-refractivity contribution in [1.82, 2.24) is 16.0 Å². The molecule has 196 valence electrons. The summed E-state index contributed by atoms with van der Waals surface area (Å²) in [6.07, 6.45) is 2.31. The van der Waals surface area contributed by atoms with Gasteiger partial charge in [-0.05, 0) is 56.8 Å². The van der Waals surface area contributed by atoms with Crippen molar-refractivity contribution in [3.05, 3.63) is 40.2 Å². The fourth-order valence-corrected chi connectivity index (χ4v) is 3.85. The summed E-state index contributed by atoms with van der Waals surface area (Å²) in [4.78, 5) is 53.2. The van der Waals surface area contributed by atoms with Gasteiger partial charge in [0.05, 0.1) is 12.6 Å². The number of anilines is 1. The number of guanidine groups is 1. The Morgan fingerprint density at radius 2 is 2.03 bits per heavy atom. The maximum atomic E-state index is 13.0. The predicted molar refractivity (Wildman–Crippen MR) is 139 cm³/mol. The zero-order valence-corrected chi connectivity index (χ0v) is 20.8. The van der Waals surface area contributed by atoms with Crippen LogP contribution >= 0.6 is 12.4 Å². The molecule has 0 bridgehead atoms. The summed E-state index contributed by atoms with van der Waals surface area (Å²) < 4.78 is 5.23. The lowest BCUT2D eigenvalue weighted by Gasteiger charge is -2.19. The number of benzene rings is 1. The molecule has 8 N–H and O–H groups in total. The summed E-state index contributed by atoms with van der Waals surface area (Å²) in [5, 5.41) is 11.8. The number of nitrogens with zero attached hydrogens (tertiary/aromatic N) is 1. The van der Waals surface area contributed by atoms with Gasteiger partial charge in [-0.25, -0.2) is 4.79 Å². The van der Waals surface area contributed by atoms with Gasteiger partial charge in [0.2, 0.25) is 17.7 Å². The van der Waals surface area contributed by atoms with Crippen LogP contribution in [0.15, 0.2) is 38.5 Å². The van der Waals surface area contributed by atoms with E-state index in [1.54, 1.807) is 25.1 Å². The maximum absolute atomic E-state index is 13.0. The Bertz CT molecular complexity index is 1170. The van der Waals surface area contributed by atoms with Crippen LogP contribution in [0.5, 0.6) is 0 Å². The van der Waals surface area contributed by atoms with E-state index in [4.69, 9.17) is 15.9 Å². The summed E-state index contributed by atoms with van der Waals surface area (Å²) in [5.74, 6) is -1.29. The molecule has 0 unspecified atom stereocenters. The van der Waals surface area contributed by atoms with Crippen molar-refractivity contribution in [1.29, 1.82) is 0 Å². The number of carbonyl (C=O) groups is 3. The van der Waals surface area contributed by atoms with Crippen LogP contribution in [0, 0.1) is 6.92 Å². The Morgan fingerprint density at radius 1 is 1.25 bits per heavy atom. The van der Waals surface area contributed by atoms with E-state index in [-0.39, 0.29) is 49.8 Å². The van der Waals surface area contributed by atoms with Gasteiger partial charge in [-0.2, -0.15) is 0 Å². The second kappa shape index (κ2) is 13.4. The minimum Gasteiger partial charge on any atom is -0.423 e. The van der Waals surface area contributed by atoms with Crippen LogP contribution in [0.4, 0.5) is 5.69 Å². The van der Waals surface area contributed by atoms with Crippen molar-refractivity contribution in [2.45, 2.75) is 44.7 Å². The van der Waals surface area contributed by atoms with E-state index >= 15 is 0 Å². The lowest BCUT2D eigenvalue weighted by atomic mass is 10.1. The van der Waals surface area contributed by atoms with Gasteiger partial charge in [0.15, 0.2) is 5.96 Å². The predicted octanol–water partition coefficient (Wildman–Crippen LogP) is -0.132. The molecule has 2 aromatic rings. The Balaban J connectivity index is 0.00000456. The zero-order valence-electron chi connectivity index (χ0n) is 20.0. The van der Waals surface area contributed by atoms with Crippen LogP contribution < -0.4 is 38.4 Å². The number of hydrogen-bond acceptors (Lipinski definition) is 7. The van der Waals surface area contributed by atoms with E-state index in [2.05, 4.69) is 26.3 Å². The number of nitrogens with two attached hydrogens (primary N) is 2. The van der Waals surface area contributed by atoms with Crippen molar-refractivity contribution in [2.75, 3.05) is 25.0 Å². The first-order valence-corrected chi connectivity index (χ1v) is 11.4. The van der Waals surface area contributed by atoms with Gasteiger partial charge >= 0.3 is 5.63 Å². The summed E-state index contributed by atoms with van der Waals surface area (Å²) in [5.41, 5.74) is 11.7. The average molecular weight is 522 g/mol. The maximum Gasteiger partial charge on any atom is 0.336 e. The highest BCUT2D eigenvalue weighted by atomic mass is 35.5. The van der Waals surface area contributed by atoms with Gasteiger partial charge in [0.1, 0.15) is 11.6 Å². The number of carbonyl (C=O) groups excluding carboxylic acids is 3. The van der Waals surface area contributed by atoms with Crippen LogP contribution in [0.2, 0.25) is 0 Å². The first-order chi connectivity index (χ1) is 16.7. The van der Waals surface area contributed by atoms with Crippen molar-refractivity contribution < 1.29 is 18.8 Å². The number of aliphatic imine (C=N–C) groups is 1. The molecule has 2 atom stereocenters. The molecule has 0 radical (unpaired) electrons. The van der Waals surface area contributed by atoms with Crippen LogP contribution in [0.3, 0.4) is 0 Å². The third-order valence-electron chi connectivity index (χ3n) is 5.62. The van der Waals surface area contributed by atoms with E-state index in [1.165, 1.54) is 6.07 Å². The number of halogens is 1.